The van der Waals surface area contributed by atoms with Crippen LogP contribution >= 0.6 is 11.8 Å². The summed E-state index contributed by atoms with van der Waals surface area (Å²) >= 11 is 0.999. The summed E-state index contributed by atoms with van der Waals surface area (Å²) in [6.07, 6.45) is 0. The van der Waals surface area contributed by atoms with E-state index in [1.54, 1.807) is 7.05 Å². The van der Waals surface area contributed by atoms with Crippen molar-refractivity contribution in [1.29, 1.82) is 0 Å². The molecule has 0 spiro atoms. The number of rotatable bonds is 7. The molecule has 7 heteroatoms. The molecule has 0 saturated heterocycles. The van der Waals surface area contributed by atoms with E-state index in [0.29, 0.717) is 6.54 Å². The van der Waals surface area contributed by atoms with E-state index in [-0.39, 0.29) is 29.9 Å². The molecule has 0 heterocycles. The first-order chi connectivity index (χ1) is 7.47. The van der Waals surface area contributed by atoms with Gasteiger partial charge in [0.1, 0.15) is 0 Å². The molecule has 16 heavy (non-hydrogen) atoms. The fourth-order valence-corrected chi connectivity index (χ4v) is 1.33. The zero-order valence-corrected chi connectivity index (χ0v) is 10.2. The van der Waals surface area contributed by atoms with Gasteiger partial charge < -0.3 is 15.3 Å². The standard InChI is InChI=1S/C9H16N2O4S/c1-3-11(2)8(13)4-10-7(12)5-16-6-9(14)15/h3-6H2,1-2H3,(H,10,12)(H,14,15). The van der Waals surface area contributed by atoms with Crippen molar-refractivity contribution in [1.82, 2.24) is 10.2 Å². The Balaban J connectivity index is 3.65. The summed E-state index contributed by atoms with van der Waals surface area (Å²) in [7, 11) is 1.65. The fourth-order valence-electron chi connectivity index (χ4n) is 0.768. The molecule has 2 amide bonds. The van der Waals surface area contributed by atoms with Gasteiger partial charge >= 0.3 is 5.97 Å². The van der Waals surface area contributed by atoms with Crippen LogP contribution in [0.5, 0.6) is 0 Å². The van der Waals surface area contributed by atoms with Gasteiger partial charge in [-0.2, -0.15) is 0 Å². The molecule has 6 nitrogen and oxygen atoms in total. The normalized spacial score (nSPS) is 9.62. The van der Waals surface area contributed by atoms with Crippen LogP contribution in [-0.4, -0.2) is 59.4 Å². The minimum Gasteiger partial charge on any atom is -0.481 e. The van der Waals surface area contributed by atoms with Crippen LogP contribution < -0.4 is 5.32 Å². The van der Waals surface area contributed by atoms with Crippen LogP contribution in [0, 0.1) is 0 Å². The van der Waals surface area contributed by atoms with E-state index in [9.17, 15) is 14.4 Å². The molecule has 0 fully saturated rings. The Morgan fingerprint density at radius 3 is 2.44 bits per heavy atom. The molecule has 0 saturated carbocycles. The lowest BCUT2D eigenvalue weighted by Gasteiger charge is -2.14. The van der Waals surface area contributed by atoms with Gasteiger partial charge in [-0.1, -0.05) is 0 Å². The van der Waals surface area contributed by atoms with Crippen molar-refractivity contribution in [3.05, 3.63) is 0 Å². The maximum absolute atomic E-state index is 11.3. The van der Waals surface area contributed by atoms with Crippen molar-refractivity contribution in [2.75, 3.05) is 31.6 Å². The molecule has 0 aliphatic heterocycles. The van der Waals surface area contributed by atoms with Crippen molar-refractivity contribution in [3.63, 3.8) is 0 Å². The number of carboxylic acid groups (broad SMARTS) is 1. The topological polar surface area (TPSA) is 86.7 Å². The molecule has 0 bridgehead atoms. The molecular formula is C9H16N2O4S. The summed E-state index contributed by atoms with van der Waals surface area (Å²) < 4.78 is 0. The van der Waals surface area contributed by atoms with Gasteiger partial charge in [-0.25, -0.2) is 0 Å². The average Bonchev–Trinajstić information content (AvgIpc) is 2.24. The SMILES string of the molecule is CCN(C)C(=O)CNC(=O)CSCC(=O)O. The number of hydrogen-bond acceptors (Lipinski definition) is 4. The highest BCUT2D eigenvalue weighted by atomic mass is 32.2. The second-order valence-electron chi connectivity index (χ2n) is 3.07. The van der Waals surface area contributed by atoms with Gasteiger partial charge in [0.15, 0.2) is 0 Å². The molecule has 0 aromatic carbocycles. The zero-order valence-electron chi connectivity index (χ0n) is 9.36. The third-order valence-electron chi connectivity index (χ3n) is 1.80. The average molecular weight is 248 g/mol. The Morgan fingerprint density at radius 2 is 1.94 bits per heavy atom. The van der Waals surface area contributed by atoms with Crippen molar-refractivity contribution in [3.8, 4) is 0 Å². The first-order valence-electron chi connectivity index (χ1n) is 4.77. The van der Waals surface area contributed by atoms with Crippen LogP contribution in [0.1, 0.15) is 6.92 Å². The van der Waals surface area contributed by atoms with E-state index >= 15 is 0 Å². The molecule has 0 aromatic heterocycles. The van der Waals surface area contributed by atoms with Gasteiger partial charge in [0, 0.05) is 13.6 Å². The summed E-state index contributed by atoms with van der Waals surface area (Å²) in [5, 5.41) is 10.8. The van der Waals surface area contributed by atoms with Gasteiger partial charge in [-0.15, -0.1) is 11.8 Å². The molecule has 0 aliphatic carbocycles. The van der Waals surface area contributed by atoms with Crippen LogP contribution in [0.25, 0.3) is 0 Å². The number of carboxylic acids is 1. The van der Waals surface area contributed by atoms with E-state index in [4.69, 9.17) is 5.11 Å². The Morgan fingerprint density at radius 1 is 1.31 bits per heavy atom. The fraction of sp³-hybridized carbons (Fsp3) is 0.667. The number of amides is 2. The molecule has 0 unspecified atom stereocenters. The maximum Gasteiger partial charge on any atom is 0.313 e. The van der Waals surface area contributed by atoms with E-state index < -0.39 is 5.97 Å². The number of nitrogens with zero attached hydrogens (tertiary/aromatic N) is 1. The highest BCUT2D eigenvalue weighted by molar-refractivity contribution is 8.00. The first-order valence-corrected chi connectivity index (χ1v) is 5.93. The predicted octanol–water partition coefficient (Wildman–Crippen LogP) is -0.601. The molecule has 92 valence electrons. The van der Waals surface area contributed by atoms with Crippen LogP contribution in [0.4, 0.5) is 0 Å². The van der Waals surface area contributed by atoms with Gasteiger partial charge in [-0.3, -0.25) is 14.4 Å². The number of hydrogen-bond donors (Lipinski definition) is 2. The van der Waals surface area contributed by atoms with Crippen molar-refractivity contribution in [2.45, 2.75) is 6.92 Å². The molecule has 0 rings (SSSR count). The minimum absolute atomic E-state index is 0.0448. The number of nitrogens with one attached hydrogen (secondary N) is 1. The third kappa shape index (κ3) is 7.10. The van der Waals surface area contributed by atoms with E-state index in [0.717, 1.165) is 11.8 Å². The van der Waals surface area contributed by atoms with Gasteiger partial charge in [0.2, 0.25) is 11.8 Å². The number of carbonyl (C=O) groups excluding carboxylic acids is 2. The monoisotopic (exact) mass is 248 g/mol. The first kappa shape index (κ1) is 14.8. The number of likely N-dealkylation sites (N-methyl/N-ethyl adjacent to an activating group) is 1. The summed E-state index contributed by atoms with van der Waals surface area (Å²) in [6.45, 7) is 2.38. The van der Waals surface area contributed by atoms with Crippen molar-refractivity contribution >= 4 is 29.5 Å². The summed E-state index contributed by atoms with van der Waals surface area (Å²) in [4.78, 5) is 34.1. The summed E-state index contributed by atoms with van der Waals surface area (Å²) in [6, 6.07) is 0. The summed E-state index contributed by atoms with van der Waals surface area (Å²) in [5.74, 6) is -1.52. The highest BCUT2D eigenvalue weighted by Gasteiger charge is 2.09. The number of thioether (sulfide) groups is 1. The lowest BCUT2D eigenvalue weighted by Crippen LogP contribution is -2.38. The largest absolute Gasteiger partial charge is 0.481 e. The molecule has 0 aromatic rings. The highest BCUT2D eigenvalue weighted by Crippen LogP contribution is 1.97. The van der Waals surface area contributed by atoms with Crippen LogP contribution in [0.2, 0.25) is 0 Å². The number of carbonyl (C=O) groups is 3. The van der Waals surface area contributed by atoms with Gasteiger partial charge in [0.05, 0.1) is 18.1 Å². The van der Waals surface area contributed by atoms with Crippen LogP contribution in [-0.2, 0) is 14.4 Å². The second-order valence-corrected chi connectivity index (χ2v) is 4.06. The second kappa shape index (κ2) is 7.98. The number of aliphatic carboxylic acids is 1. The predicted molar refractivity (Wildman–Crippen MR) is 61.3 cm³/mol. The van der Waals surface area contributed by atoms with E-state index in [2.05, 4.69) is 5.32 Å². The lowest BCUT2D eigenvalue weighted by atomic mass is 10.5. The van der Waals surface area contributed by atoms with Gasteiger partial charge in [0.25, 0.3) is 0 Å². The molecule has 0 aliphatic rings. The smallest absolute Gasteiger partial charge is 0.313 e. The zero-order chi connectivity index (χ0) is 12.6. The molecular weight excluding hydrogens is 232 g/mol. The Kier molecular flexibility index (Phi) is 7.36. The lowest BCUT2D eigenvalue weighted by molar-refractivity contribution is -0.134. The molecule has 2 N–H and O–H groups in total. The van der Waals surface area contributed by atoms with Crippen LogP contribution in [0.3, 0.4) is 0 Å². The third-order valence-corrected chi connectivity index (χ3v) is 2.71. The Hall–Kier alpha value is -1.24. The van der Waals surface area contributed by atoms with Gasteiger partial charge in [-0.05, 0) is 6.92 Å². The Labute approximate surface area is 98.4 Å². The molecule has 0 atom stereocenters. The quantitative estimate of drug-likeness (QED) is 0.628. The maximum atomic E-state index is 11.3. The van der Waals surface area contributed by atoms with Crippen molar-refractivity contribution in [2.24, 2.45) is 0 Å². The summed E-state index contributed by atoms with van der Waals surface area (Å²) in [5.41, 5.74) is 0. The Bertz CT molecular complexity index is 270. The molecule has 0 radical (unpaired) electrons. The van der Waals surface area contributed by atoms with Crippen LogP contribution in [0.15, 0.2) is 0 Å². The van der Waals surface area contributed by atoms with E-state index in [1.807, 2.05) is 6.92 Å². The van der Waals surface area contributed by atoms with Crippen molar-refractivity contribution < 1.29 is 19.5 Å². The van der Waals surface area contributed by atoms with E-state index in [1.165, 1.54) is 4.90 Å². The minimum atomic E-state index is -0.959.